The zero-order valence-corrected chi connectivity index (χ0v) is 22.9. The van der Waals surface area contributed by atoms with E-state index in [1.165, 1.54) is 60.1 Å². The van der Waals surface area contributed by atoms with E-state index in [0.717, 1.165) is 21.8 Å². The highest BCUT2D eigenvalue weighted by atomic mass is 14.6. The molecule has 0 saturated heterocycles. The van der Waals surface area contributed by atoms with Gasteiger partial charge in [-0.1, -0.05) is 81.4 Å². The molecule has 0 fully saturated rings. The molecule has 0 atom stereocenters. The summed E-state index contributed by atoms with van der Waals surface area (Å²) in [7, 11) is 0. The van der Waals surface area contributed by atoms with Gasteiger partial charge in [0.05, 0.1) is 11.0 Å². The van der Waals surface area contributed by atoms with Crippen LogP contribution in [0.4, 0.5) is 0 Å². The highest BCUT2D eigenvalue weighted by Crippen LogP contribution is 2.45. The largest absolute Gasteiger partial charge is 0.256 e. The van der Waals surface area contributed by atoms with Crippen LogP contribution >= 0.6 is 0 Å². The quantitative estimate of drug-likeness (QED) is 0.215. The molecular weight excluding hydrogens is 484 g/mol. The van der Waals surface area contributed by atoms with Crippen LogP contribution in [0.3, 0.4) is 0 Å². The molecule has 0 saturated carbocycles. The Bertz CT molecular complexity index is 2110. The molecule has 0 aliphatic heterocycles. The molecule has 40 heavy (non-hydrogen) atoms. The predicted molar refractivity (Wildman–Crippen MR) is 170 cm³/mol. The molecule has 0 aliphatic rings. The van der Waals surface area contributed by atoms with Crippen molar-refractivity contribution in [1.82, 2.24) is 9.97 Å². The molecule has 2 aromatic heterocycles. The number of pyridine rings is 2. The summed E-state index contributed by atoms with van der Waals surface area (Å²) in [5.74, 6) is 0. The highest BCUT2D eigenvalue weighted by Gasteiger charge is 2.20. The summed E-state index contributed by atoms with van der Waals surface area (Å²) < 4.78 is 0. The van der Waals surface area contributed by atoms with Gasteiger partial charge in [-0.15, -0.1) is 0 Å². The number of benzene rings is 6. The van der Waals surface area contributed by atoms with E-state index in [-0.39, 0.29) is 5.41 Å². The molecule has 0 radical (unpaired) electrons. The van der Waals surface area contributed by atoms with E-state index >= 15 is 0 Å². The van der Waals surface area contributed by atoms with Crippen LogP contribution in [0.1, 0.15) is 26.3 Å². The van der Waals surface area contributed by atoms with Crippen molar-refractivity contribution >= 4 is 54.1 Å². The second-order valence-corrected chi connectivity index (χ2v) is 11.9. The van der Waals surface area contributed by atoms with Gasteiger partial charge >= 0.3 is 0 Å². The van der Waals surface area contributed by atoms with E-state index in [4.69, 9.17) is 0 Å². The average molecular weight is 513 g/mol. The molecule has 0 aliphatic carbocycles. The summed E-state index contributed by atoms with van der Waals surface area (Å²) in [6.07, 6.45) is 3.72. The fourth-order valence-electron chi connectivity index (χ4n) is 6.31. The second kappa shape index (κ2) is 8.34. The van der Waals surface area contributed by atoms with Crippen LogP contribution in [0.2, 0.25) is 0 Å². The average Bonchev–Trinajstić information content (AvgIpc) is 2.98. The van der Waals surface area contributed by atoms with Gasteiger partial charge in [0.2, 0.25) is 0 Å². The number of hydrogen-bond donors (Lipinski definition) is 0. The van der Waals surface area contributed by atoms with Crippen LogP contribution in [0.5, 0.6) is 0 Å². The topological polar surface area (TPSA) is 25.8 Å². The Hall–Kier alpha value is -4.82. The maximum absolute atomic E-state index is 4.56. The van der Waals surface area contributed by atoms with E-state index in [1.54, 1.807) is 0 Å². The van der Waals surface area contributed by atoms with Crippen molar-refractivity contribution in [2.45, 2.75) is 26.2 Å². The molecule has 0 amide bonds. The number of fused-ring (bicyclic) bond motifs is 2. The van der Waals surface area contributed by atoms with Crippen LogP contribution in [-0.4, -0.2) is 9.97 Å². The smallest absolute Gasteiger partial charge is 0.0702 e. The third-order valence-electron chi connectivity index (χ3n) is 8.41. The van der Waals surface area contributed by atoms with Gasteiger partial charge in [0, 0.05) is 23.2 Å². The first kappa shape index (κ1) is 23.1. The Morgan fingerprint density at radius 1 is 0.475 bits per heavy atom. The van der Waals surface area contributed by atoms with Gasteiger partial charge < -0.3 is 0 Å². The highest BCUT2D eigenvalue weighted by molar-refractivity contribution is 6.28. The predicted octanol–water partition coefficient (Wildman–Crippen LogP) is 10.3. The molecule has 8 aromatic rings. The van der Waals surface area contributed by atoms with Crippen molar-refractivity contribution in [2.75, 3.05) is 0 Å². The van der Waals surface area contributed by atoms with Gasteiger partial charge in [-0.05, 0) is 108 Å². The van der Waals surface area contributed by atoms with E-state index in [0.29, 0.717) is 0 Å². The van der Waals surface area contributed by atoms with Gasteiger partial charge in [0.15, 0.2) is 0 Å². The minimum Gasteiger partial charge on any atom is -0.256 e. The fourth-order valence-corrected chi connectivity index (χ4v) is 6.31. The minimum atomic E-state index is 0.0824. The number of rotatable bonds is 2. The van der Waals surface area contributed by atoms with E-state index in [2.05, 4.69) is 122 Å². The molecule has 0 spiro atoms. The Morgan fingerprint density at radius 2 is 1.00 bits per heavy atom. The number of aromatic nitrogens is 2. The molecule has 8 rings (SSSR count). The van der Waals surface area contributed by atoms with Crippen molar-refractivity contribution in [3.05, 3.63) is 121 Å². The van der Waals surface area contributed by atoms with Gasteiger partial charge in [-0.3, -0.25) is 9.97 Å². The van der Waals surface area contributed by atoms with Crippen LogP contribution in [0.15, 0.2) is 116 Å². The first-order valence-corrected chi connectivity index (χ1v) is 13.9. The fraction of sp³-hybridized carbons (Fsp3) is 0.105. The lowest BCUT2D eigenvalue weighted by Crippen LogP contribution is -2.10. The maximum Gasteiger partial charge on any atom is 0.0702 e. The molecule has 0 N–H and O–H groups in total. The summed E-state index contributed by atoms with van der Waals surface area (Å²) in [4.78, 5) is 9.12. The summed E-state index contributed by atoms with van der Waals surface area (Å²) >= 11 is 0. The molecule has 6 aromatic carbocycles. The van der Waals surface area contributed by atoms with E-state index in [1.807, 2.05) is 24.5 Å². The van der Waals surface area contributed by atoms with Gasteiger partial charge in [-0.2, -0.15) is 0 Å². The summed E-state index contributed by atoms with van der Waals surface area (Å²) in [6.45, 7) is 6.87. The number of nitrogens with zero attached hydrogens (tertiary/aromatic N) is 2. The molecule has 2 nitrogen and oxygen atoms in total. The lowest BCUT2D eigenvalue weighted by atomic mass is 9.81. The van der Waals surface area contributed by atoms with Crippen molar-refractivity contribution < 1.29 is 0 Å². The standard InChI is InChI=1S/C38H28N2/c1-38(2,3)29-20-27-8-12-30-32(23-10-14-34-25(18-23)6-4-16-39-34)22-33(31-13-9-28(21-29)36(27)37(30)31)24-11-15-35-26(19-24)7-5-17-40-35/h4-22H,1-3H3. The Balaban J connectivity index is 1.51. The normalized spacial score (nSPS) is 12.4. The monoisotopic (exact) mass is 512 g/mol. The zero-order valence-electron chi connectivity index (χ0n) is 22.9. The summed E-state index contributed by atoms with van der Waals surface area (Å²) in [5.41, 5.74) is 8.38. The molecule has 2 heterocycles. The summed E-state index contributed by atoms with van der Waals surface area (Å²) in [5, 5.41) is 10.1. The summed E-state index contributed by atoms with van der Waals surface area (Å²) in [6, 6.07) is 38.0. The Kier molecular flexibility index (Phi) is 4.82. The molecule has 2 heteroatoms. The van der Waals surface area contributed by atoms with Crippen molar-refractivity contribution in [2.24, 2.45) is 0 Å². The Morgan fingerprint density at radius 3 is 1.50 bits per heavy atom. The van der Waals surface area contributed by atoms with E-state index < -0.39 is 0 Å². The SMILES string of the molecule is CC(C)(C)c1cc2ccc3c(-c4ccc5ncccc5c4)cc(-c4ccc5ncccc5c4)c4ccc(c1)c2c34. The van der Waals surface area contributed by atoms with Crippen LogP contribution < -0.4 is 0 Å². The first-order chi connectivity index (χ1) is 19.4. The Labute approximate surface area is 233 Å². The molecular formula is C38H28N2. The number of hydrogen-bond acceptors (Lipinski definition) is 2. The lowest BCUT2D eigenvalue weighted by Gasteiger charge is -2.23. The van der Waals surface area contributed by atoms with Crippen molar-refractivity contribution in [3.8, 4) is 22.3 Å². The third-order valence-corrected chi connectivity index (χ3v) is 8.41. The second-order valence-electron chi connectivity index (χ2n) is 11.9. The molecule has 190 valence electrons. The lowest BCUT2D eigenvalue weighted by molar-refractivity contribution is 0.591. The van der Waals surface area contributed by atoms with Gasteiger partial charge in [0.25, 0.3) is 0 Å². The van der Waals surface area contributed by atoms with Crippen molar-refractivity contribution in [1.29, 1.82) is 0 Å². The first-order valence-electron chi connectivity index (χ1n) is 13.9. The maximum atomic E-state index is 4.56. The van der Waals surface area contributed by atoms with Gasteiger partial charge in [0.1, 0.15) is 0 Å². The zero-order chi connectivity index (χ0) is 27.0. The van der Waals surface area contributed by atoms with Crippen LogP contribution in [0, 0.1) is 0 Å². The molecule has 0 unspecified atom stereocenters. The third kappa shape index (κ3) is 3.49. The minimum absolute atomic E-state index is 0.0824. The van der Waals surface area contributed by atoms with Crippen LogP contribution in [0.25, 0.3) is 76.4 Å². The van der Waals surface area contributed by atoms with E-state index in [9.17, 15) is 0 Å². The van der Waals surface area contributed by atoms with Crippen molar-refractivity contribution in [3.63, 3.8) is 0 Å². The van der Waals surface area contributed by atoms with Crippen LogP contribution in [-0.2, 0) is 5.41 Å². The molecule has 0 bridgehead atoms. The van der Waals surface area contributed by atoms with Gasteiger partial charge in [-0.25, -0.2) is 0 Å².